The first kappa shape index (κ1) is 66.3. The smallest absolute Gasteiger partial charge is 0.303 e. The van der Waals surface area contributed by atoms with Crippen LogP contribution >= 0.6 is 0 Å². The number of carboxylic acids is 1. The number of ether oxygens (including phenoxy) is 4. The molecule has 0 heterocycles. The Balaban J connectivity index is 1.54. The molecule has 0 saturated carbocycles. The molecule has 4 aromatic rings. The van der Waals surface area contributed by atoms with Crippen molar-refractivity contribution in [2.75, 3.05) is 69.3 Å². The number of primary amides is 1. The molecular weight excluding hydrogens is 1100 g/mol. The summed E-state index contributed by atoms with van der Waals surface area (Å²) in [5, 5.41) is 28.0. The molecule has 22 N–H and O–H groups in total. The first-order chi connectivity index (χ1) is 40.0. The Hall–Kier alpha value is -10.2. The number of methoxy groups -OCH3 is 4. The van der Waals surface area contributed by atoms with Gasteiger partial charge in [0.05, 0.1) is 56.7 Å². The van der Waals surface area contributed by atoms with E-state index in [-0.39, 0.29) is 132 Å². The van der Waals surface area contributed by atoms with Crippen LogP contribution in [0.4, 0.5) is 22.7 Å². The number of rotatable bonds is 33. The van der Waals surface area contributed by atoms with Gasteiger partial charge in [-0.2, -0.15) is 0 Å². The Morgan fingerprint density at radius 2 is 0.786 bits per heavy atom. The minimum absolute atomic E-state index is 0.00381. The summed E-state index contributed by atoms with van der Waals surface area (Å²) in [7, 11) is 5.21. The number of nitrogens with two attached hydrogens (primary N) is 7. The normalized spacial score (nSPS) is 12.0. The van der Waals surface area contributed by atoms with Crippen LogP contribution in [0.1, 0.15) is 92.8 Å². The van der Waals surface area contributed by atoms with Gasteiger partial charge in [0.15, 0.2) is 11.9 Å². The van der Waals surface area contributed by atoms with Crippen molar-refractivity contribution < 1.29 is 67.2 Å². The molecule has 0 aliphatic heterocycles. The van der Waals surface area contributed by atoms with E-state index in [1.54, 1.807) is 0 Å². The van der Waals surface area contributed by atoms with Crippen molar-refractivity contribution in [3.8, 4) is 23.0 Å². The van der Waals surface area contributed by atoms with Crippen molar-refractivity contribution in [2.45, 2.75) is 75.5 Å². The van der Waals surface area contributed by atoms with Crippen molar-refractivity contribution in [2.24, 2.45) is 50.1 Å². The summed E-state index contributed by atoms with van der Waals surface area (Å²) >= 11 is 0. The van der Waals surface area contributed by atoms with Crippen LogP contribution in [0.3, 0.4) is 0 Å². The number of carbonyl (C=O) groups excluding carboxylic acids is 8. The van der Waals surface area contributed by atoms with Crippen LogP contribution < -0.4 is 96.3 Å². The predicted octanol–water partition coefficient (Wildman–Crippen LogP) is 0.00790. The minimum atomic E-state index is -1.49. The highest BCUT2D eigenvalue weighted by molar-refractivity contribution is 6.08. The van der Waals surface area contributed by atoms with Crippen molar-refractivity contribution in [1.29, 1.82) is 0 Å². The van der Waals surface area contributed by atoms with E-state index in [0.717, 1.165) is 0 Å². The first-order valence-electron chi connectivity index (χ1n) is 26.0. The summed E-state index contributed by atoms with van der Waals surface area (Å²) in [4.78, 5) is 128. The summed E-state index contributed by atoms with van der Waals surface area (Å²) in [5.41, 5.74) is 39.0. The summed E-state index contributed by atoms with van der Waals surface area (Å²) in [6, 6.07) is 11.5. The molecule has 0 aliphatic carbocycles. The molecule has 30 nitrogen and oxygen atoms in total. The van der Waals surface area contributed by atoms with Gasteiger partial charge < -0.3 is 101 Å². The number of anilines is 4. The third-order valence-corrected chi connectivity index (χ3v) is 12.3. The van der Waals surface area contributed by atoms with E-state index in [4.69, 9.17) is 59.1 Å². The average Bonchev–Trinajstić information content (AvgIpc) is 3.61. The predicted molar refractivity (Wildman–Crippen MR) is 312 cm³/mol. The van der Waals surface area contributed by atoms with Gasteiger partial charge in [0.2, 0.25) is 23.6 Å². The fourth-order valence-corrected chi connectivity index (χ4v) is 8.05. The summed E-state index contributed by atoms with van der Waals surface area (Å²) in [6.45, 7) is 0.480. The molecule has 30 heteroatoms. The van der Waals surface area contributed by atoms with Crippen molar-refractivity contribution in [1.82, 2.24) is 16.0 Å². The number of benzene rings is 4. The van der Waals surface area contributed by atoms with Gasteiger partial charge in [-0.1, -0.05) is 0 Å². The number of aliphatic carboxylic acids is 1. The monoisotopic (exact) mass is 1170 g/mol. The van der Waals surface area contributed by atoms with E-state index in [9.17, 15) is 48.3 Å². The average molecular weight is 1170 g/mol. The van der Waals surface area contributed by atoms with Crippen LogP contribution in [0.25, 0.3) is 0 Å². The zero-order chi connectivity index (χ0) is 62.0. The molecule has 4 rings (SSSR count). The van der Waals surface area contributed by atoms with Gasteiger partial charge in [-0.3, -0.25) is 53.1 Å². The van der Waals surface area contributed by atoms with Crippen LogP contribution in [0, 0.1) is 0 Å². The van der Waals surface area contributed by atoms with Crippen LogP contribution in [0.5, 0.6) is 23.0 Å². The lowest BCUT2D eigenvalue weighted by Gasteiger charge is -2.21. The van der Waals surface area contributed by atoms with Crippen LogP contribution in [0.2, 0.25) is 0 Å². The highest BCUT2D eigenvalue weighted by Gasteiger charge is 2.29. The third-order valence-electron chi connectivity index (χ3n) is 12.3. The number of aliphatic imine (C=N–C) groups is 2. The molecule has 8 amide bonds. The van der Waals surface area contributed by atoms with Gasteiger partial charge in [0.25, 0.3) is 23.6 Å². The summed E-state index contributed by atoms with van der Waals surface area (Å²) in [6.07, 6.45) is 0.207. The second-order valence-corrected chi connectivity index (χ2v) is 18.4. The Bertz CT molecular complexity index is 3090. The van der Waals surface area contributed by atoms with Gasteiger partial charge >= 0.3 is 5.97 Å². The molecule has 0 aromatic heterocycles. The van der Waals surface area contributed by atoms with Crippen LogP contribution in [-0.2, 0) is 24.0 Å². The van der Waals surface area contributed by atoms with Gasteiger partial charge in [-0.15, -0.1) is 0 Å². The maximum absolute atomic E-state index is 14.1. The van der Waals surface area contributed by atoms with E-state index in [1.807, 2.05) is 0 Å². The van der Waals surface area contributed by atoms with E-state index < -0.39 is 90.2 Å². The second kappa shape index (κ2) is 32.9. The molecule has 4 atom stereocenters. The van der Waals surface area contributed by atoms with Crippen LogP contribution in [-0.4, -0.2) is 142 Å². The number of nitrogens with zero attached hydrogens (tertiary/aromatic N) is 2. The number of carboxylic acid groups (broad SMARTS) is 1. The SMILES string of the molecule is COc1ccc(NC(=O)[C@H](CCCN=C(N)N)NC(=O)c2cc(NC(=O)[C@H](CCCN)NC(=O)c3cc(NC(=O)[C@H](CCC(=O)O)NC(=O)c4cc(NC(=O)[C@@H](N)CCCN=C(N)N)ccc4OC)ccc3OC)ccc2OC)cc1C(N)=O. The lowest BCUT2D eigenvalue weighted by molar-refractivity contribution is -0.137. The lowest BCUT2D eigenvalue weighted by atomic mass is 10.1. The van der Waals surface area contributed by atoms with Gasteiger partial charge in [-0.05, 0) is 124 Å². The van der Waals surface area contributed by atoms with Gasteiger partial charge in [-0.25, -0.2) is 0 Å². The van der Waals surface area contributed by atoms with E-state index in [2.05, 4.69) is 47.2 Å². The van der Waals surface area contributed by atoms with Gasteiger partial charge in [0, 0.05) is 42.3 Å². The van der Waals surface area contributed by atoms with E-state index in [0.29, 0.717) is 6.42 Å². The molecule has 4 aromatic carbocycles. The van der Waals surface area contributed by atoms with Gasteiger partial charge in [0.1, 0.15) is 41.1 Å². The number of hydrogen-bond donors (Lipinski definition) is 15. The Kier molecular flexibility index (Phi) is 25.9. The van der Waals surface area contributed by atoms with Crippen molar-refractivity contribution in [3.05, 3.63) is 95.1 Å². The zero-order valence-electron chi connectivity index (χ0n) is 46.7. The molecular formula is C54H72N16O14. The minimum Gasteiger partial charge on any atom is -0.496 e. The number of nitrogens with one attached hydrogen (secondary N) is 7. The zero-order valence-corrected chi connectivity index (χ0v) is 46.7. The third kappa shape index (κ3) is 20.4. The summed E-state index contributed by atoms with van der Waals surface area (Å²) in [5.74, 6) is -7.53. The number of hydrogen-bond acceptors (Lipinski definition) is 17. The Labute approximate surface area is 482 Å². The summed E-state index contributed by atoms with van der Waals surface area (Å²) < 4.78 is 21.5. The molecule has 0 fully saturated rings. The van der Waals surface area contributed by atoms with E-state index >= 15 is 0 Å². The number of carbonyl (C=O) groups is 9. The molecule has 0 radical (unpaired) electrons. The molecule has 0 spiro atoms. The van der Waals surface area contributed by atoms with Crippen molar-refractivity contribution >= 4 is 87.9 Å². The first-order valence-corrected chi connectivity index (χ1v) is 26.0. The molecule has 0 bridgehead atoms. The highest BCUT2D eigenvalue weighted by atomic mass is 16.5. The molecule has 0 unspecified atom stereocenters. The maximum atomic E-state index is 14.1. The van der Waals surface area contributed by atoms with Crippen LogP contribution in [0.15, 0.2) is 82.8 Å². The molecule has 0 saturated heterocycles. The molecule has 0 aliphatic rings. The Morgan fingerprint density at radius 1 is 0.464 bits per heavy atom. The quantitative estimate of drug-likeness (QED) is 0.0170. The second-order valence-electron chi connectivity index (χ2n) is 18.4. The largest absolute Gasteiger partial charge is 0.496 e. The fraction of sp³-hybridized carbons (Fsp3) is 0.352. The number of guanidine groups is 2. The molecule has 84 heavy (non-hydrogen) atoms. The standard InChI is InChI=1S/C54H72N16O14/c1-81-40-16-11-28(24-32(40)45(57)73)65-51(79)38(10-7-23-63-54(60)61)69-47(75)35-26-30(13-18-43(35)84-4)66-50(78)37(9-5-21-55)68-46(74)34-27-31(14-19-42(34)83-3)67-52(80)39(15-20-44(71)72)70-48(76)33-25-29(12-17-41(33)82-2)64-49(77)36(56)8-6-22-62-53(58)59/h11-14,16-19,24-27,36-39H,5-10,15,20-23,55-56H2,1-4H3,(H2,57,73)(H,64,77)(H,65,79)(H,66,78)(H,67,80)(H,68,74)(H,69,75)(H,70,76)(H,71,72)(H4,58,59,62)(H4,60,61,63)/t36-,37-,38-,39-/m0/s1. The highest BCUT2D eigenvalue weighted by Crippen LogP contribution is 2.28. The maximum Gasteiger partial charge on any atom is 0.303 e. The molecule has 452 valence electrons. The fourth-order valence-electron chi connectivity index (χ4n) is 8.05. The topological polar surface area (TPSA) is 502 Å². The van der Waals surface area contributed by atoms with E-state index in [1.165, 1.54) is 101 Å². The number of amides is 8. The Morgan fingerprint density at radius 3 is 1.12 bits per heavy atom. The lowest BCUT2D eigenvalue weighted by Crippen LogP contribution is -2.45. The van der Waals surface area contributed by atoms with Crippen molar-refractivity contribution in [3.63, 3.8) is 0 Å².